The van der Waals surface area contributed by atoms with Crippen LogP contribution in [0.3, 0.4) is 0 Å². The lowest BCUT2D eigenvalue weighted by Crippen LogP contribution is -2.20. The third-order valence-corrected chi connectivity index (χ3v) is 3.42. The van der Waals surface area contributed by atoms with Gasteiger partial charge in [0.15, 0.2) is 0 Å². The summed E-state index contributed by atoms with van der Waals surface area (Å²) in [5.41, 5.74) is 0.435. The molecule has 14 heavy (non-hydrogen) atoms. The lowest BCUT2D eigenvalue weighted by Gasteiger charge is -2.29. The van der Waals surface area contributed by atoms with Crippen LogP contribution >= 0.6 is 0 Å². The first kappa shape index (κ1) is 11.6. The van der Waals surface area contributed by atoms with Crippen LogP contribution in [0.1, 0.15) is 53.4 Å². The predicted octanol–water partition coefficient (Wildman–Crippen LogP) is 4.14. The average Bonchev–Trinajstić information content (AvgIpc) is 2.14. The minimum Gasteiger partial charge on any atom is -0.498 e. The smallest absolute Gasteiger partial charge is 0.0981 e. The maximum atomic E-state index is 5.56. The second kappa shape index (κ2) is 4.86. The molecule has 0 aromatic carbocycles. The Kier molecular flexibility index (Phi) is 4.03. The molecule has 0 aliphatic carbocycles. The summed E-state index contributed by atoms with van der Waals surface area (Å²) in [4.78, 5) is 0. The van der Waals surface area contributed by atoms with Gasteiger partial charge in [-0.05, 0) is 43.1 Å². The Balaban J connectivity index is 2.23. The fourth-order valence-electron chi connectivity index (χ4n) is 1.67. The first-order chi connectivity index (χ1) is 6.50. The topological polar surface area (TPSA) is 9.23 Å². The summed E-state index contributed by atoms with van der Waals surface area (Å²) >= 11 is 0. The number of hydrogen-bond donors (Lipinski definition) is 0. The van der Waals surface area contributed by atoms with Crippen molar-refractivity contribution in [1.82, 2.24) is 0 Å². The second-order valence-electron chi connectivity index (χ2n) is 5.55. The van der Waals surface area contributed by atoms with Gasteiger partial charge in [0.1, 0.15) is 0 Å². The van der Waals surface area contributed by atoms with E-state index in [9.17, 15) is 0 Å². The molecule has 2 atom stereocenters. The molecule has 1 nitrogen and oxygen atoms in total. The summed E-state index contributed by atoms with van der Waals surface area (Å²) in [7, 11) is 0. The Morgan fingerprint density at radius 2 is 2.14 bits per heavy atom. The summed E-state index contributed by atoms with van der Waals surface area (Å²) in [5, 5.41) is 0. The van der Waals surface area contributed by atoms with Crippen molar-refractivity contribution < 1.29 is 4.74 Å². The van der Waals surface area contributed by atoms with Crippen LogP contribution in [0.15, 0.2) is 12.3 Å². The van der Waals surface area contributed by atoms with Crippen LogP contribution in [-0.4, -0.2) is 6.10 Å². The third kappa shape index (κ3) is 3.73. The van der Waals surface area contributed by atoms with Gasteiger partial charge >= 0.3 is 0 Å². The number of hydrogen-bond acceptors (Lipinski definition) is 1. The molecule has 1 rings (SSSR count). The van der Waals surface area contributed by atoms with Gasteiger partial charge in [0, 0.05) is 0 Å². The maximum absolute atomic E-state index is 5.56. The Labute approximate surface area is 88.5 Å². The normalized spacial score (nSPS) is 24.4. The number of ether oxygens (including phenoxy) is 1. The summed E-state index contributed by atoms with van der Waals surface area (Å²) < 4.78 is 5.56. The van der Waals surface area contributed by atoms with E-state index in [1.165, 1.54) is 25.7 Å². The number of rotatable bonds is 3. The quantitative estimate of drug-likeness (QED) is 0.659. The van der Waals surface area contributed by atoms with E-state index >= 15 is 0 Å². The molecular formula is C13H24O. The molecule has 0 saturated heterocycles. The molecular weight excluding hydrogens is 172 g/mol. The second-order valence-corrected chi connectivity index (χ2v) is 5.55. The first-order valence-electron chi connectivity index (χ1n) is 5.80. The van der Waals surface area contributed by atoms with E-state index in [1.54, 1.807) is 0 Å². The van der Waals surface area contributed by atoms with Crippen molar-refractivity contribution in [3.8, 4) is 0 Å². The van der Waals surface area contributed by atoms with Gasteiger partial charge in [-0.1, -0.05) is 27.7 Å². The summed E-state index contributed by atoms with van der Waals surface area (Å²) in [6, 6.07) is 0. The van der Waals surface area contributed by atoms with Crippen molar-refractivity contribution in [2.24, 2.45) is 11.3 Å². The summed E-state index contributed by atoms with van der Waals surface area (Å²) in [6.45, 7) is 9.30. The molecule has 0 bridgehead atoms. The maximum Gasteiger partial charge on any atom is 0.0981 e. The first-order valence-corrected chi connectivity index (χ1v) is 5.80. The highest BCUT2D eigenvalue weighted by Crippen LogP contribution is 2.30. The van der Waals surface area contributed by atoms with E-state index < -0.39 is 0 Å². The molecule has 0 fully saturated rings. The van der Waals surface area contributed by atoms with E-state index in [0.29, 0.717) is 11.5 Å². The zero-order valence-corrected chi connectivity index (χ0v) is 10.0. The molecule has 1 aliphatic heterocycles. The van der Waals surface area contributed by atoms with Gasteiger partial charge in [0.25, 0.3) is 0 Å². The van der Waals surface area contributed by atoms with Crippen LogP contribution in [-0.2, 0) is 4.74 Å². The van der Waals surface area contributed by atoms with Crippen molar-refractivity contribution >= 4 is 0 Å². The lowest BCUT2D eigenvalue weighted by atomic mass is 9.79. The van der Waals surface area contributed by atoms with Gasteiger partial charge in [-0.3, -0.25) is 0 Å². The van der Waals surface area contributed by atoms with Gasteiger partial charge in [-0.15, -0.1) is 0 Å². The Morgan fingerprint density at radius 1 is 1.43 bits per heavy atom. The molecule has 2 unspecified atom stereocenters. The lowest BCUT2D eigenvalue weighted by molar-refractivity contribution is 0.0999. The van der Waals surface area contributed by atoms with Crippen LogP contribution in [0.25, 0.3) is 0 Å². The largest absolute Gasteiger partial charge is 0.498 e. The van der Waals surface area contributed by atoms with E-state index in [1.807, 2.05) is 6.26 Å². The highest BCUT2D eigenvalue weighted by atomic mass is 16.5. The summed E-state index contributed by atoms with van der Waals surface area (Å²) in [5.74, 6) is 0.775. The SMILES string of the molecule is CC(CCC1CCC=CO1)C(C)(C)C. The molecule has 0 spiro atoms. The van der Waals surface area contributed by atoms with Crippen molar-refractivity contribution in [3.63, 3.8) is 0 Å². The van der Waals surface area contributed by atoms with Crippen LogP contribution in [0.4, 0.5) is 0 Å². The Morgan fingerprint density at radius 3 is 2.64 bits per heavy atom. The highest BCUT2D eigenvalue weighted by Gasteiger charge is 2.21. The fraction of sp³-hybridized carbons (Fsp3) is 0.846. The van der Waals surface area contributed by atoms with Gasteiger partial charge in [-0.25, -0.2) is 0 Å². The van der Waals surface area contributed by atoms with Crippen molar-refractivity contribution in [3.05, 3.63) is 12.3 Å². The minimum atomic E-state index is 0.435. The minimum absolute atomic E-state index is 0.435. The van der Waals surface area contributed by atoms with Crippen LogP contribution in [0, 0.1) is 11.3 Å². The predicted molar refractivity (Wildman–Crippen MR) is 61.1 cm³/mol. The van der Waals surface area contributed by atoms with E-state index in [4.69, 9.17) is 4.74 Å². The molecule has 1 heterocycles. The van der Waals surface area contributed by atoms with Crippen LogP contribution < -0.4 is 0 Å². The average molecular weight is 196 g/mol. The third-order valence-electron chi connectivity index (χ3n) is 3.42. The van der Waals surface area contributed by atoms with E-state index in [2.05, 4.69) is 33.8 Å². The molecule has 82 valence electrons. The zero-order chi connectivity index (χ0) is 10.6. The number of allylic oxidation sites excluding steroid dienone is 1. The fourth-order valence-corrected chi connectivity index (χ4v) is 1.67. The highest BCUT2D eigenvalue weighted by molar-refractivity contribution is 4.82. The molecule has 0 radical (unpaired) electrons. The van der Waals surface area contributed by atoms with Gasteiger partial charge in [0.2, 0.25) is 0 Å². The molecule has 1 aliphatic rings. The van der Waals surface area contributed by atoms with Crippen molar-refractivity contribution in [2.75, 3.05) is 0 Å². The molecule has 0 aromatic rings. The van der Waals surface area contributed by atoms with Gasteiger partial charge < -0.3 is 4.74 Å². The van der Waals surface area contributed by atoms with Crippen molar-refractivity contribution in [1.29, 1.82) is 0 Å². The standard InChI is InChI=1S/C13H24O/c1-11(13(2,3)4)8-9-12-7-5-6-10-14-12/h6,10-12H,5,7-9H2,1-4H3. The monoisotopic (exact) mass is 196 g/mol. The van der Waals surface area contributed by atoms with Crippen LogP contribution in [0.5, 0.6) is 0 Å². The molecule has 0 aromatic heterocycles. The van der Waals surface area contributed by atoms with E-state index in [0.717, 1.165) is 5.92 Å². The Bertz CT molecular complexity index is 188. The van der Waals surface area contributed by atoms with Gasteiger partial charge in [0.05, 0.1) is 12.4 Å². The molecule has 0 saturated carbocycles. The Hall–Kier alpha value is -0.460. The summed E-state index contributed by atoms with van der Waals surface area (Å²) in [6.07, 6.45) is 9.34. The zero-order valence-electron chi connectivity index (χ0n) is 10.0. The molecule has 0 amide bonds. The molecule has 1 heteroatoms. The van der Waals surface area contributed by atoms with Crippen LogP contribution in [0.2, 0.25) is 0 Å². The van der Waals surface area contributed by atoms with Crippen molar-refractivity contribution in [2.45, 2.75) is 59.5 Å². The molecule has 0 N–H and O–H groups in total. The van der Waals surface area contributed by atoms with Gasteiger partial charge in [-0.2, -0.15) is 0 Å². The van der Waals surface area contributed by atoms with E-state index in [-0.39, 0.29) is 0 Å².